The molecule has 1 aromatic heterocycles. The van der Waals surface area contributed by atoms with E-state index >= 15 is 0 Å². The van der Waals surface area contributed by atoms with Gasteiger partial charge >= 0.3 is 0 Å². The molecule has 3 aromatic rings. The third-order valence-electron chi connectivity index (χ3n) is 4.09. The Morgan fingerprint density at radius 2 is 1.57 bits per heavy atom. The molecule has 0 atom stereocenters. The fourth-order valence-corrected chi connectivity index (χ4v) is 2.82. The molecule has 144 valence electrons. The largest absolute Gasteiger partial charge is 0.323 e. The molecular weight excluding hydrogens is 354 g/mol. The van der Waals surface area contributed by atoms with Crippen molar-refractivity contribution in [3.63, 3.8) is 0 Å². The number of carbonyl (C=O) groups excluding carboxylic acids is 2. The van der Waals surface area contributed by atoms with Crippen molar-refractivity contribution >= 4 is 23.2 Å². The van der Waals surface area contributed by atoms with E-state index in [-0.39, 0.29) is 18.4 Å². The van der Waals surface area contributed by atoms with Crippen LogP contribution in [0.3, 0.4) is 0 Å². The maximum absolute atomic E-state index is 12.7. The van der Waals surface area contributed by atoms with Gasteiger partial charge in [0.2, 0.25) is 5.91 Å². The summed E-state index contributed by atoms with van der Waals surface area (Å²) in [5, 5.41) is 9.98. The Balaban J connectivity index is 1.78. The molecule has 0 aliphatic heterocycles. The van der Waals surface area contributed by atoms with Crippen LogP contribution in [-0.4, -0.2) is 47.1 Å². The number of nitrogens with one attached hydrogen (secondary N) is 2. The van der Waals surface area contributed by atoms with Crippen molar-refractivity contribution in [1.82, 2.24) is 14.7 Å². The number of hydrogen-bond donors (Lipinski definition) is 2. The Hall–Kier alpha value is -3.45. The SMILES string of the molecule is CN(C)CC(=O)Nc1ccccc1NC(=O)c1cc(-c2ccccc2)n(C)n1. The van der Waals surface area contributed by atoms with Crippen LogP contribution in [0.25, 0.3) is 11.3 Å². The van der Waals surface area contributed by atoms with Gasteiger partial charge in [-0.15, -0.1) is 0 Å². The number of nitrogens with zero attached hydrogens (tertiary/aromatic N) is 3. The molecule has 7 nitrogen and oxygen atoms in total. The summed E-state index contributed by atoms with van der Waals surface area (Å²) in [6.07, 6.45) is 0. The standard InChI is InChI=1S/C21H23N5O2/c1-25(2)14-20(27)22-16-11-7-8-12-17(16)23-21(28)18-13-19(26(3)24-18)15-9-5-4-6-10-15/h4-13H,14H2,1-3H3,(H,22,27)(H,23,28). The summed E-state index contributed by atoms with van der Waals surface area (Å²) < 4.78 is 1.68. The Morgan fingerprint density at radius 1 is 0.964 bits per heavy atom. The third-order valence-corrected chi connectivity index (χ3v) is 4.09. The van der Waals surface area contributed by atoms with E-state index in [1.165, 1.54) is 0 Å². The number of aromatic nitrogens is 2. The fourth-order valence-electron chi connectivity index (χ4n) is 2.82. The third kappa shape index (κ3) is 4.63. The first-order valence-electron chi connectivity index (χ1n) is 8.88. The molecule has 0 saturated heterocycles. The van der Waals surface area contributed by atoms with Crippen molar-refractivity contribution in [2.75, 3.05) is 31.3 Å². The maximum atomic E-state index is 12.7. The minimum Gasteiger partial charge on any atom is -0.323 e. The molecule has 0 aliphatic rings. The molecule has 0 radical (unpaired) electrons. The van der Waals surface area contributed by atoms with Crippen LogP contribution >= 0.6 is 0 Å². The van der Waals surface area contributed by atoms with E-state index in [1.807, 2.05) is 44.4 Å². The number of hydrogen-bond acceptors (Lipinski definition) is 4. The lowest BCUT2D eigenvalue weighted by Crippen LogP contribution is -2.27. The van der Waals surface area contributed by atoms with Crippen LogP contribution in [0, 0.1) is 0 Å². The number of para-hydroxylation sites is 2. The Labute approximate surface area is 164 Å². The van der Waals surface area contributed by atoms with Gasteiger partial charge in [-0.05, 0) is 37.9 Å². The lowest BCUT2D eigenvalue weighted by molar-refractivity contribution is -0.116. The van der Waals surface area contributed by atoms with Gasteiger partial charge in [0.1, 0.15) is 0 Å². The van der Waals surface area contributed by atoms with E-state index in [1.54, 1.807) is 47.0 Å². The number of carbonyl (C=O) groups is 2. The summed E-state index contributed by atoms with van der Waals surface area (Å²) in [4.78, 5) is 26.5. The smallest absolute Gasteiger partial charge is 0.276 e. The van der Waals surface area contributed by atoms with Gasteiger partial charge in [-0.25, -0.2) is 0 Å². The second-order valence-corrected chi connectivity index (χ2v) is 6.69. The van der Waals surface area contributed by atoms with Crippen LogP contribution in [-0.2, 0) is 11.8 Å². The Kier molecular flexibility index (Phi) is 5.86. The zero-order valence-corrected chi connectivity index (χ0v) is 16.1. The summed E-state index contributed by atoms with van der Waals surface area (Å²) in [5.74, 6) is -0.497. The molecule has 2 aromatic carbocycles. The van der Waals surface area contributed by atoms with E-state index in [0.717, 1.165) is 11.3 Å². The second-order valence-electron chi connectivity index (χ2n) is 6.69. The highest BCUT2D eigenvalue weighted by Crippen LogP contribution is 2.23. The van der Waals surface area contributed by atoms with E-state index in [4.69, 9.17) is 0 Å². The number of rotatable bonds is 6. The predicted molar refractivity (Wildman–Crippen MR) is 110 cm³/mol. The molecule has 7 heteroatoms. The number of aryl methyl sites for hydroxylation is 1. The quantitative estimate of drug-likeness (QED) is 0.692. The Morgan fingerprint density at radius 3 is 2.21 bits per heavy atom. The monoisotopic (exact) mass is 377 g/mol. The normalized spacial score (nSPS) is 10.7. The molecule has 0 saturated carbocycles. The number of amides is 2. The summed E-state index contributed by atoms with van der Waals surface area (Å²) in [6.45, 7) is 0.253. The van der Waals surface area contributed by atoms with Gasteiger partial charge in [-0.2, -0.15) is 5.10 Å². The minimum atomic E-state index is -0.341. The molecule has 28 heavy (non-hydrogen) atoms. The van der Waals surface area contributed by atoms with Crippen molar-refractivity contribution in [1.29, 1.82) is 0 Å². The highest BCUT2D eigenvalue weighted by atomic mass is 16.2. The maximum Gasteiger partial charge on any atom is 0.276 e. The van der Waals surface area contributed by atoms with Gasteiger partial charge in [0, 0.05) is 7.05 Å². The molecule has 1 heterocycles. The molecule has 0 bridgehead atoms. The average molecular weight is 377 g/mol. The molecule has 2 N–H and O–H groups in total. The number of likely N-dealkylation sites (N-methyl/N-ethyl adjacent to an activating group) is 1. The van der Waals surface area contributed by atoms with E-state index in [0.29, 0.717) is 17.1 Å². The van der Waals surface area contributed by atoms with Crippen LogP contribution in [0.5, 0.6) is 0 Å². The second kappa shape index (κ2) is 8.49. The Bertz CT molecular complexity index is 979. The van der Waals surface area contributed by atoms with Crippen molar-refractivity contribution in [3.8, 4) is 11.3 Å². The lowest BCUT2D eigenvalue weighted by atomic mass is 10.1. The first kappa shape index (κ1) is 19.3. The zero-order valence-electron chi connectivity index (χ0n) is 16.1. The molecule has 3 rings (SSSR count). The summed E-state index contributed by atoms with van der Waals surface area (Å²) in [6, 6.07) is 18.6. The lowest BCUT2D eigenvalue weighted by Gasteiger charge is -2.13. The first-order valence-corrected chi connectivity index (χ1v) is 8.88. The zero-order chi connectivity index (χ0) is 20.1. The molecule has 0 unspecified atom stereocenters. The number of anilines is 2. The van der Waals surface area contributed by atoms with E-state index < -0.39 is 0 Å². The molecular formula is C21H23N5O2. The van der Waals surface area contributed by atoms with E-state index in [9.17, 15) is 9.59 Å². The van der Waals surface area contributed by atoms with E-state index in [2.05, 4.69) is 15.7 Å². The van der Waals surface area contributed by atoms with Gasteiger partial charge in [-0.1, -0.05) is 42.5 Å². The van der Waals surface area contributed by atoms with Gasteiger partial charge in [0.15, 0.2) is 5.69 Å². The fraction of sp³-hybridized carbons (Fsp3) is 0.190. The molecule has 0 spiro atoms. The molecule has 0 fully saturated rings. The van der Waals surface area contributed by atoms with Gasteiger partial charge in [0.25, 0.3) is 5.91 Å². The van der Waals surface area contributed by atoms with Crippen LogP contribution in [0.15, 0.2) is 60.7 Å². The molecule has 2 amide bonds. The van der Waals surface area contributed by atoms with Gasteiger partial charge in [0.05, 0.1) is 23.6 Å². The van der Waals surface area contributed by atoms with Crippen LogP contribution in [0.2, 0.25) is 0 Å². The minimum absolute atomic E-state index is 0.157. The van der Waals surface area contributed by atoms with Crippen molar-refractivity contribution in [2.24, 2.45) is 7.05 Å². The van der Waals surface area contributed by atoms with Crippen LogP contribution < -0.4 is 10.6 Å². The summed E-state index contributed by atoms with van der Waals surface area (Å²) in [5.41, 5.74) is 3.19. The highest BCUT2D eigenvalue weighted by molar-refractivity contribution is 6.06. The van der Waals surface area contributed by atoms with Crippen molar-refractivity contribution in [3.05, 3.63) is 66.4 Å². The average Bonchev–Trinajstić information content (AvgIpc) is 3.05. The molecule has 0 aliphatic carbocycles. The summed E-state index contributed by atoms with van der Waals surface area (Å²) >= 11 is 0. The summed E-state index contributed by atoms with van der Waals surface area (Å²) in [7, 11) is 5.44. The first-order chi connectivity index (χ1) is 13.4. The van der Waals surface area contributed by atoms with Gasteiger partial charge < -0.3 is 15.5 Å². The van der Waals surface area contributed by atoms with Crippen LogP contribution in [0.4, 0.5) is 11.4 Å². The van der Waals surface area contributed by atoms with Crippen molar-refractivity contribution in [2.45, 2.75) is 0 Å². The van der Waals surface area contributed by atoms with Crippen molar-refractivity contribution < 1.29 is 9.59 Å². The topological polar surface area (TPSA) is 79.3 Å². The number of benzene rings is 2. The van der Waals surface area contributed by atoms with Gasteiger partial charge in [-0.3, -0.25) is 14.3 Å². The highest BCUT2D eigenvalue weighted by Gasteiger charge is 2.16. The van der Waals surface area contributed by atoms with Crippen LogP contribution in [0.1, 0.15) is 10.5 Å². The predicted octanol–water partition coefficient (Wildman–Crippen LogP) is 2.84.